The molecule has 0 unspecified atom stereocenters. The highest BCUT2D eigenvalue weighted by Crippen LogP contribution is 2.23. The Labute approximate surface area is 97.5 Å². The van der Waals surface area contributed by atoms with Crippen molar-refractivity contribution in [1.82, 2.24) is 9.38 Å². The molecule has 0 spiro atoms. The van der Waals surface area contributed by atoms with E-state index in [1.165, 1.54) is 37.1 Å². The predicted octanol–water partition coefficient (Wildman–Crippen LogP) is 3.37. The quantitative estimate of drug-likeness (QED) is 0.667. The van der Waals surface area contributed by atoms with Crippen molar-refractivity contribution in [2.75, 3.05) is 0 Å². The molecular weight excluding hydrogens is 252 g/mol. The molecule has 1 aliphatic rings. The molecule has 0 aromatic carbocycles. The molecule has 2 heterocycles. The number of pyridine rings is 1. The van der Waals surface area contributed by atoms with Crippen LogP contribution in [0.15, 0.2) is 22.8 Å². The van der Waals surface area contributed by atoms with Crippen molar-refractivity contribution in [3.8, 4) is 0 Å². The van der Waals surface area contributed by atoms with Crippen molar-refractivity contribution >= 4 is 21.6 Å². The van der Waals surface area contributed by atoms with Crippen LogP contribution in [0.5, 0.6) is 0 Å². The van der Waals surface area contributed by atoms with Gasteiger partial charge in [0.2, 0.25) is 0 Å². The minimum atomic E-state index is 1.09. The van der Waals surface area contributed by atoms with Gasteiger partial charge in [0, 0.05) is 16.4 Å². The molecule has 78 valence electrons. The summed E-state index contributed by atoms with van der Waals surface area (Å²) in [6.07, 6.45) is 8.38. The number of aromatic nitrogens is 2. The van der Waals surface area contributed by atoms with Crippen molar-refractivity contribution in [2.24, 2.45) is 0 Å². The molecule has 3 heteroatoms. The fraction of sp³-hybridized carbons (Fsp3) is 0.417. The van der Waals surface area contributed by atoms with Crippen molar-refractivity contribution < 1.29 is 0 Å². The fourth-order valence-corrected chi connectivity index (χ4v) is 2.68. The number of imidazole rings is 1. The van der Waals surface area contributed by atoms with Crippen LogP contribution in [-0.2, 0) is 12.8 Å². The predicted molar refractivity (Wildman–Crippen MR) is 64.2 cm³/mol. The fourth-order valence-electron chi connectivity index (χ4n) is 2.34. The standard InChI is InChI=1S/C12H13BrN2/c13-9-6-7-12-14-10-4-2-1-3-5-11(10)15(12)8-9/h6-8H,1-5H2. The molecule has 2 nitrogen and oxygen atoms in total. The van der Waals surface area contributed by atoms with Gasteiger partial charge in [-0.15, -0.1) is 0 Å². The van der Waals surface area contributed by atoms with E-state index in [0.717, 1.165) is 16.5 Å². The van der Waals surface area contributed by atoms with Crippen molar-refractivity contribution in [3.05, 3.63) is 34.2 Å². The molecule has 0 radical (unpaired) electrons. The van der Waals surface area contributed by atoms with Gasteiger partial charge in [-0.1, -0.05) is 6.42 Å². The Hall–Kier alpha value is -0.830. The van der Waals surface area contributed by atoms with Gasteiger partial charge in [0.1, 0.15) is 5.65 Å². The van der Waals surface area contributed by atoms with Crippen LogP contribution in [0.1, 0.15) is 30.7 Å². The zero-order valence-electron chi connectivity index (χ0n) is 8.54. The minimum absolute atomic E-state index is 1.09. The Morgan fingerprint density at radius 3 is 2.93 bits per heavy atom. The third-order valence-electron chi connectivity index (χ3n) is 3.09. The summed E-state index contributed by atoms with van der Waals surface area (Å²) in [4.78, 5) is 4.70. The summed E-state index contributed by atoms with van der Waals surface area (Å²) in [6, 6.07) is 4.14. The monoisotopic (exact) mass is 264 g/mol. The number of rotatable bonds is 0. The highest BCUT2D eigenvalue weighted by atomic mass is 79.9. The van der Waals surface area contributed by atoms with Crippen LogP contribution in [0.4, 0.5) is 0 Å². The van der Waals surface area contributed by atoms with Gasteiger partial charge < -0.3 is 4.40 Å². The second-order valence-corrected chi connectivity index (χ2v) is 5.06. The van der Waals surface area contributed by atoms with Crippen LogP contribution < -0.4 is 0 Å². The first kappa shape index (κ1) is 9.40. The summed E-state index contributed by atoms with van der Waals surface area (Å²) in [5, 5.41) is 0. The third-order valence-corrected chi connectivity index (χ3v) is 3.56. The average Bonchev–Trinajstić information content (AvgIpc) is 2.44. The van der Waals surface area contributed by atoms with E-state index in [0.29, 0.717) is 0 Å². The maximum atomic E-state index is 4.70. The highest BCUT2D eigenvalue weighted by Gasteiger charge is 2.14. The molecule has 15 heavy (non-hydrogen) atoms. The second-order valence-electron chi connectivity index (χ2n) is 4.14. The summed E-state index contributed by atoms with van der Waals surface area (Å²) < 4.78 is 3.37. The molecule has 0 amide bonds. The van der Waals surface area contributed by atoms with Gasteiger partial charge in [0.25, 0.3) is 0 Å². The van der Waals surface area contributed by atoms with Crippen LogP contribution in [0.25, 0.3) is 5.65 Å². The Balaban J connectivity index is 2.24. The van der Waals surface area contributed by atoms with Gasteiger partial charge in [0.15, 0.2) is 0 Å². The molecule has 0 bridgehead atoms. The zero-order valence-corrected chi connectivity index (χ0v) is 10.1. The summed E-state index contributed by atoms with van der Waals surface area (Å²) in [7, 11) is 0. The van der Waals surface area contributed by atoms with Crippen molar-refractivity contribution in [1.29, 1.82) is 0 Å². The lowest BCUT2D eigenvalue weighted by atomic mass is 10.2. The second kappa shape index (κ2) is 3.63. The van der Waals surface area contributed by atoms with E-state index >= 15 is 0 Å². The molecular formula is C12H13BrN2. The molecule has 0 aliphatic heterocycles. The molecule has 0 fully saturated rings. The van der Waals surface area contributed by atoms with Gasteiger partial charge in [-0.2, -0.15) is 0 Å². The maximum absolute atomic E-state index is 4.70. The lowest BCUT2D eigenvalue weighted by Gasteiger charge is -2.00. The highest BCUT2D eigenvalue weighted by molar-refractivity contribution is 9.10. The van der Waals surface area contributed by atoms with E-state index < -0.39 is 0 Å². The lowest BCUT2D eigenvalue weighted by Crippen LogP contribution is -1.93. The zero-order chi connectivity index (χ0) is 10.3. The SMILES string of the molecule is Brc1ccc2nc3c(n2c1)CCCCC3. The van der Waals surface area contributed by atoms with E-state index in [2.05, 4.69) is 38.7 Å². The number of aryl methyl sites for hydroxylation is 2. The smallest absolute Gasteiger partial charge is 0.137 e. The largest absolute Gasteiger partial charge is 0.303 e. The Bertz CT molecular complexity index is 502. The average molecular weight is 265 g/mol. The third kappa shape index (κ3) is 1.59. The van der Waals surface area contributed by atoms with Gasteiger partial charge >= 0.3 is 0 Å². The molecule has 2 aromatic rings. The van der Waals surface area contributed by atoms with Gasteiger partial charge in [0.05, 0.1) is 5.69 Å². The van der Waals surface area contributed by atoms with Gasteiger partial charge in [-0.05, 0) is 53.7 Å². The molecule has 0 saturated carbocycles. The Morgan fingerprint density at radius 1 is 1.13 bits per heavy atom. The normalized spacial score (nSPS) is 16.3. The Kier molecular flexibility index (Phi) is 2.28. The number of halogens is 1. The van der Waals surface area contributed by atoms with E-state index in [9.17, 15) is 0 Å². The first-order valence-electron chi connectivity index (χ1n) is 5.50. The molecule has 1 aliphatic carbocycles. The molecule has 2 aromatic heterocycles. The topological polar surface area (TPSA) is 17.3 Å². The number of fused-ring (bicyclic) bond motifs is 3. The summed E-state index contributed by atoms with van der Waals surface area (Å²) in [6.45, 7) is 0. The van der Waals surface area contributed by atoms with E-state index in [4.69, 9.17) is 4.98 Å². The molecule has 0 atom stereocenters. The van der Waals surface area contributed by atoms with Crippen LogP contribution in [-0.4, -0.2) is 9.38 Å². The van der Waals surface area contributed by atoms with Crippen LogP contribution in [0.2, 0.25) is 0 Å². The first-order chi connectivity index (χ1) is 7.34. The lowest BCUT2D eigenvalue weighted by molar-refractivity contribution is 0.701. The number of hydrogen-bond donors (Lipinski definition) is 0. The van der Waals surface area contributed by atoms with Crippen LogP contribution in [0, 0.1) is 0 Å². The first-order valence-corrected chi connectivity index (χ1v) is 6.29. The maximum Gasteiger partial charge on any atom is 0.137 e. The summed E-state index contributed by atoms with van der Waals surface area (Å²) >= 11 is 3.52. The molecule has 3 rings (SSSR count). The van der Waals surface area contributed by atoms with E-state index in [1.54, 1.807) is 0 Å². The minimum Gasteiger partial charge on any atom is -0.303 e. The van der Waals surface area contributed by atoms with Crippen molar-refractivity contribution in [3.63, 3.8) is 0 Å². The molecule has 0 N–H and O–H groups in total. The van der Waals surface area contributed by atoms with Gasteiger partial charge in [-0.3, -0.25) is 0 Å². The number of hydrogen-bond acceptors (Lipinski definition) is 1. The van der Waals surface area contributed by atoms with Crippen molar-refractivity contribution in [2.45, 2.75) is 32.1 Å². The van der Waals surface area contributed by atoms with Gasteiger partial charge in [-0.25, -0.2) is 4.98 Å². The number of nitrogens with zero attached hydrogens (tertiary/aromatic N) is 2. The van der Waals surface area contributed by atoms with E-state index in [-0.39, 0.29) is 0 Å². The van der Waals surface area contributed by atoms with Crippen LogP contribution in [0.3, 0.4) is 0 Å². The summed E-state index contributed by atoms with van der Waals surface area (Å²) in [5.41, 5.74) is 3.82. The Morgan fingerprint density at radius 2 is 2.00 bits per heavy atom. The van der Waals surface area contributed by atoms with E-state index in [1.807, 2.05) is 0 Å². The molecule has 0 saturated heterocycles. The summed E-state index contributed by atoms with van der Waals surface area (Å²) in [5.74, 6) is 0. The van der Waals surface area contributed by atoms with Crippen LogP contribution >= 0.6 is 15.9 Å².